The van der Waals surface area contributed by atoms with Gasteiger partial charge in [0.1, 0.15) is 11.5 Å². The van der Waals surface area contributed by atoms with Crippen LogP contribution in [0.15, 0.2) is 72.8 Å². The van der Waals surface area contributed by atoms with E-state index in [0.717, 1.165) is 29.7 Å². The number of hydrogen-bond donors (Lipinski definition) is 0. The van der Waals surface area contributed by atoms with Gasteiger partial charge in [-0.05, 0) is 65.9 Å². The lowest BCUT2D eigenvalue weighted by molar-refractivity contribution is 0.0734. The topological polar surface area (TPSA) is 35.5 Å². The van der Waals surface area contributed by atoms with Crippen molar-refractivity contribution in [2.45, 2.75) is 46.0 Å². The van der Waals surface area contributed by atoms with Gasteiger partial charge in [-0.25, -0.2) is 4.79 Å². The molecule has 3 heteroatoms. The Morgan fingerprint density at radius 1 is 0.700 bits per heavy atom. The van der Waals surface area contributed by atoms with E-state index >= 15 is 0 Å². The molecule has 0 aliphatic carbocycles. The monoisotopic (exact) mass is 402 g/mol. The lowest BCUT2D eigenvalue weighted by Crippen LogP contribution is -2.08. The zero-order chi connectivity index (χ0) is 21.2. The van der Waals surface area contributed by atoms with Crippen molar-refractivity contribution in [3.63, 3.8) is 0 Å². The molecule has 0 fully saturated rings. The van der Waals surface area contributed by atoms with E-state index in [1.165, 1.54) is 24.8 Å². The van der Waals surface area contributed by atoms with Gasteiger partial charge in [0.25, 0.3) is 0 Å². The summed E-state index contributed by atoms with van der Waals surface area (Å²) in [5, 5.41) is 0. The third kappa shape index (κ3) is 6.21. The molecule has 0 N–H and O–H groups in total. The molecule has 3 nitrogen and oxygen atoms in total. The summed E-state index contributed by atoms with van der Waals surface area (Å²) < 4.78 is 11.2. The highest BCUT2D eigenvalue weighted by Crippen LogP contribution is 2.24. The Balaban J connectivity index is 1.53. The summed E-state index contributed by atoms with van der Waals surface area (Å²) in [6, 6.07) is 23.2. The first-order valence-electron chi connectivity index (χ1n) is 10.8. The maximum atomic E-state index is 12.4. The van der Waals surface area contributed by atoms with Crippen molar-refractivity contribution < 1.29 is 14.3 Å². The smallest absolute Gasteiger partial charge is 0.343 e. The standard InChI is InChI=1S/C27H30O3/c1-3-5-6-7-20-29-25-16-14-24(15-17-25)27(28)30-26-18-12-23(13-19-26)22-10-8-21(4-2)9-11-22/h8-19H,3-7,20H2,1-2H3. The van der Waals surface area contributed by atoms with Gasteiger partial charge in [0, 0.05) is 0 Å². The van der Waals surface area contributed by atoms with Crippen LogP contribution in [0.4, 0.5) is 0 Å². The van der Waals surface area contributed by atoms with Gasteiger partial charge in [-0.2, -0.15) is 0 Å². The van der Waals surface area contributed by atoms with E-state index in [9.17, 15) is 4.79 Å². The highest BCUT2D eigenvalue weighted by Gasteiger charge is 2.09. The van der Waals surface area contributed by atoms with Gasteiger partial charge in [0.15, 0.2) is 0 Å². The molecule has 0 unspecified atom stereocenters. The SMILES string of the molecule is CCCCCCOc1ccc(C(=O)Oc2ccc(-c3ccc(CC)cc3)cc2)cc1. The van der Waals surface area contributed by atoms with E-state index in [2.05, 4.69) is 38.1 Å². The maximum Gasteiger partial charge on any atom is 0.343 e. The van der Waals surface area contributed by atoms with Gasteiger partial charge >= 0.3 is 5.97 Å². The molecule has 0 aromatic heterocycles. The third-order valence-corrected chi connectivity index (χ3v) is 5.12. The second kappa shape index (κ2) is 11.2. The van der Waals surface area contributed by atoms with Crippen molar-refractivity contribution in [3.05, 3.63) is 83.9 Å². The number of rotatable bonds is 10. The van der Waals surface area contributed by atoms with Crippen LogP contribution in [0.3, 0.4) is 0 Å². The molecule has 0 spiro atoms. The van der Waals surface area contributed by atoms with Gasteiger partial charge in [-0.1, -0.05) is 69.5 Å². The number of esters is 1. The van der Waals surface area contributed by atoms with Crippen molar-refractivity contribution in [1.82, 2.24) is 0 Å². The first-order chi connectivity index (χ1) is 14.7. The first kappa shape index (κ1) is 21.6. The second-order valence-electron chi connectivity index (χ2n) is 7.40. The Labute approximate surface area is 179 Å². The minimum atomic E-state index is -0.371. The molecule has 3 aromatic rings. The molecule has 0 bridgehead atoms. The van der Waals surface area contributed by atoms with Gasteiger partial charge in [-0.3, -0.25) is 0 Å². The van der Waals surface area contributed by atoms with Crippen LogP contribution in [0.1, 0.15) is 55.5 Å². The van der Waals surface area contributed by atoms with E-state index in [1.807, 2.05) is 36.4 Å². The van der Waals surface area contributed by atoms with E-state index < -0.39 is 0 Å². The molecule has 0 saturated heterocycles. The number of carbonyl (C=O) groups excluding carboxylic acids is 1. The van der Waals surface area contributed by atoms with E-state index in [1.54, 1.807) is 12.1 Å². The Morgan fingerprint density at radius 3 is 1.90 bits per heavy atom. The zero-order valence-electron chi connectivity index (χ0n) is 17.9. The minimum Gasteiger partial charge on any atom is -0.494 e. The van der Waals surface area contributed by atoms with Crippen molar-refractivity contribution in [1.29, 1.82) is 0 Å². The molecular formula is C27H30O3. The molecule has 0 radical (unpaired) electrons. The molecule has 0 saturated carbocycles. The van der Waals surface area contributed by atoms with Crippen molar-refractivity contribution in [2.24, 2.45) is 0 Å². The van der Waals surface area contributed by atoms with Crippen LogP contribution in [0.2, 0.25) is 0 Å². The number of unbranched alkanes of at least 4 members (excludes halogenated alkanes) is 3. The van der Waals surface area contributed by atoms with E-state index in [4.69, 9.17) is 9.47 Å². The summed E-state index contributed by atoms with van der Waals surface area (Å²) in [5.41, 5.74) is 4.07. The number of aryl methyl sites for hydroxylation is 1. The summed E-state index contributed by atoms with van der Waals surface area (Å²) in [6.45, 7) is 5.04. The summed E-state index contributed by atoms with van der Waals surface area (Å²) in [4.78, 5) is 12.4. The second-order valence-corrected chi connectivity index (χ2v) is 7.40. The van der Waals surface area contributed by atoms with Crippen LogP contribution in [-0.4, -0.2) is 12.6 Å². The Hall–Kier alpha value is -3.07. The highest BCUT2D eigenvalue weighted by molar-refractivity contribution is 5.91. The van der Waals surface area contributed by atoms with Crippen molar-refractivity contribution in [3.8, 4) is 22.6 Å². The molecule has 0 atom stereocenters. The summed E-state index contributed by atoms with van der Waals surface area (Å²) in [5.74, 6) is 0.941. The number of ether oxygens (including phenoxy) is 2. The Morgan fingerprint density at radius 2 is 1.30 bits per heavy atom. The fourth-order valence-corrected chi connectivity index (χ4v) is 3.22. The molecule has 0 aliphatic rings. The predicted octanol–water partition coefficient (Wildman–Crippen LogP) is 7.09. The number of carbonyl (C=O) groups is 1. The average molecular weight is 403 g/mol. The summed E-state index contributed by atoms with van der Waals surface area (Å²) in [7, 11) is 0. The molecule has 0 heterocycles. The van der Waals surface area contributed by atoms with Gasteiger partial charge in [-0.15, -0.1) is 0 Å². The van der Waals surface area contributed by atoms with Crippen molar-refractivity contribution >= 4 is 5.97 Å². The molecular weight excluding hydrogens is 372 g/mol. The van der Waals surface area contributed by atoms with Crippen LogP contribution in [-0.2, 0) is 6.42 Å². The van der Waals surface area contributed by atoms with E-state index in [-0.39, 0.29) is 5.97 Å². The van der Waals surface area contributed by atoms with Crippen LogP contribution in [0.25, 0.3) is 11.1 Å². The maximum absolute atomic E-state index is 12.4. The molecule has 30 heavy (non-hydrogen) atoms. The first-order valence-corrected chi connectivity index (χ1v) is 10.8. The molecule has 3 rings (SSSR count). The quantitative estimate of drug-likeness (QED) is 0.206. The molecule has 156 valence electrons. The van der Waals surface area contributed by atoms with Crippen LogP contribution in [0.5, 0.6) is 11.5 Å². The van der Waals surface area contributed by atoms with E-state index in [0.29, 0.717) is 17.9 Å². The van der Waals surface area contributed by atoms with Gasteiger partial charge in [0.2, 0.25) is 0 Å². The van der Waals surface area contributed by atoms with Gasteiger partial charge < -0.3 is 9.47 Å². The van der Waals surface area contributed by atoms with Crippen molar-refractivity contribution in [2.75, 3.05) is 6.61 Å². The Kier molecular flexibility index (Phi) is 8.08. The molecule has 0 amide bonds. The number of benzene rings is 3. The lowest BCUT2D eigenvalue weighted by Gasteiger charge is -2.08. The highest BCUT2D eigenvalue weighted by atomic mass is 16.5. The fourth-order valence-electron chi connectivity index (χ4n) is 3.22. The van der Waals surface area contributed by atoms with Gasteiger partial charge in [0.05, 0.1) is 12.2 Å². The fraction of sp³-hybridized carbons (Fsp3) is 0.296. The average Bonchev–Trinajstić information content (AvgIpc) is 2.80. The summed E-state index contributed by atoms with van der Waals surface area (Å²) >= 11 is 0. The van der Waals surface area contributed by atoms with Crippen LogP contribution in [0, 0.1) is 0 Å². The summed E-state index contributed by atoms with van der Waals surface area (Å²) in [6.07, 6.45) is 5.72. The Bertz CT molecular complexity index is 910. The molecule has 3 aromatic carbocycles. The third-order valence-electron chi connectivity index (χ3n) is 5.12. The minimum absolute atomic E-state index is 0.371. The lowest BCUT2D eigenvalue weighted by atomic mass is 10.0. The zero-order valence-corrected chi connectivity index (χ0v) is 17.9. The van der Waals surface area contributed by atoms with Crippen LogP contribution < -0.4 is 9.47 Å². The molecule has 0 aliphatic heterocycles. The number of hydrogen-bond acceptors (Lipinski definition) is 3. The predicted molar refractivity (Wildman–Crippen MR) is 122 cm³/mol. The normalized spacial score (nSPS) is 10.6. The largest absolute Gasteiger partial charge is 0.494 e. The van der Waals surface area contributed by atoms with Crippen LogP contribution >= 0.6 is 0 Å².